The lowest BCUT2D eigenvalue weighted by molar-refractivity contribution is -0.122. The van der Waals surface area contributed by atoms with Crippen LogP contribution >= 0.6 is 0 Å². The minimum absolute atomic E-state index is 0.161. The van der Waals surface area contributed by atoms with Gasteiger partial charge in [-0.25, -0.2) is 4.39 Å². The van der Waals surface area contributed by atoms with Crippen LogP contribution < -0.4 is 5.32 Å². The summed E-state index contributed by atoms with van der Waals surface area (Å²) in [6.07, 6.45) is 3.33. The zero-order chi connectivity index (χ0) is 16.5. The van der Waals surface area contributed by atoms with Gasteiger partial charge in [0.2, 0.25) is 5.91 Å². The van der Waals surface area contributed by atoms with Gasteiger partial charge in [-0.05, 0) is 49.4 Å². The molecule has 1 aliphatic carbocycles. The number of hydrogen-bond acceptors (Lipinski definition) is 3. The topological polar surface area (TPSA) is 41.6 Å². The lowest BCUT2D eigenvalue weighted by Gasteiger charge is -2.35. The van der Waals surface area contributed by atoms with Crippen LogP contribution in [0.2, 0.25) is 0 Å². The maximum absolute atomic E-state index is 13.3. The summed E-state index contributed by atoms with van der Waals surface area (Å²) in [5.74, 6) is 1.35. The van der Waals surface area contributed by atoms with Crippen molar-refractivity contribution in [2.75, 3.05) is 26.2 Å². The van der Waals surface area contributed by atoms with Crippen LogP contribution in [-0.2, 0) is 16.1 Å². The molecule has 0 bridgehead atoms. The first-order valence-corrected chi connectivity index (χ1v) is 9.05. The third-order valence-electron chi connectivity index (χ3n) is 5.60. The Morgan fingerprint density at radius 2 is 2.21 bits per heavy atom. The molecule has 0 radical (unpaired) electrons. The standard InChI is InChI=1S/C19H25FN2O2/c20-16-3-1-2-13(8-16)10-22-7-6-17-15(11-22)12-24-18(17)9-21-19(23)14-4-5-14/h1-3,8,14-15,17-18H,4-7,9-12H2,(H,21,23)/t15-,17-,18-/m0/s1. The summed E-state index contributed by atoms with van der Waals surface area (Å²) < 4.78 is 19.3. The van der Waals surface area contributed by atoms with E-state index in [0.717, 1.165) is 51.1 Å². The molecule has 2 aliphatic heterocycles. The molecule has 1 aromatic carbocycles. The number of likely N-dealkylation sites (tertiary alicyclic amines) is 1. The van der Waals surface area contributed by atoms with Gasteiger partial charge in [0.25, 0.3) is 0 Å². The molecule has 3 fully saturated rings. The van der Waals surface area contributed by atoms with E-state index in [1.165, 1.54) is 6.07 Å². The van der Waals surface area contributed by atoms with E-state index in [9.17, 15) is 9.18 Å². The van der Waals surface area contributed by atoms with Crippen LogP contribution in [0.25, 0.3) is 0 Å². The van der Waals surface area contributed by atoms with Gasteiger partial charge < -0.3 is 10.1 Å². The van der Waals surface area contributed by atoms with Gasteiger partial charge in [-0.1, -0.05) is 12.1 Å². The second-order valence-electron chi connectivity index (χ2n) is 7.47. The van der Waals surface area contributed by atoms with Gasteiger partial charge >= 0.3 is 0 Å². The fourth-order valence-electron chi connectivity index (χ4n) is 4.10. The number of ether oxygens (including phenoxy) is 1. The van der Waals surface area contributed by atoms with Crippen molar-refractivity contribution in [1.82, 2.24) is 10.2 Å². The predicted molar refractivity (Wildman–Crippen MR) is 88.7 cm³/mol. The lowest BCUT2D eigenvalue weighted by atomic mass is 9.84. The van der Waals surface area contributed by atoms with E-state index in [0.29, 0.717) is 18.4 Å². The summed E-state index contributed by atoms with van der Waals surface area (Å²) >= 11 is 0. The van der Waals surface area contributed by atoms with Crippen LogP contribution in [0.3, 0.4) is 0 Å². The Morgan fingerprint density at radius 1 is 1.33 bits per heavy atom. The van der Waals surface area contributed by atoms with E-state index < -0.39 is 0 Å². The number of carbonyl (C=O) groups excluding carboxylic acids is 1. The fraction of sp³-hybridized carbons (Fsp3) is 0.632. The van der Waals surface area contributed by atoms with Crippen molar-refractivity contribution in [3.63, 3.8) is 0 Å². The van der Waals surface area contributed by atoms with Crippen molar-refractivity contribution in [3.8, 4) is 0 Å². The number of halogens is 1. The highest BCUT2D eigenvalue weighted by Crippen LogP contribution is 2.35. The van der Waals surface area contributed by atoms with Gasteiger partial charge in [0, 0.05) is 31.5 Å². The molecule has 4 rings (SSSR count). The summed E-state index contributed by atoms with van der Waals surface area (Å²) in [4.78, 5) is 14.2. The molecule has 0 spiro atoms. The van der Waals surface area contributed by atoms with E-state index in [1.54, 1.807) is 12.1 Å². The highest BCUT2D eigenvalue weighted by Gasteiger charge is 2.41. The van der Waals surface area contributed by atoms with E-state index in [-0.39, 0.29) is 23.7 Å². The SMILES string of the molecule is O=C(NC[C@@H]1OC[C@@H]2CN(Cc3cccc(F)c3)CC[C@@H]21)C1CC1. The molecular formula is C19H25FN2O2. The quantitative estimate of drug-likeness (QED) is 0.899. The molecule has 1 amide bonds. The molecule has 24 heavy (non-hydrogen) atoms. The molecule has 5 heteroatoms. The van der Waals surface area contributed by atoms with E-state index in [2.05, 4.69) is 10.2 Å². The second kappa shape index (κ2) is 6.81. The Labute approximate surface area is 142 Å². The van der Waals surface area contributed by atoms with Crippen molar-refractivity contribution >= 4 is 5.91 Å². The first kappa shape index (κ1) is 16.0. The van der Waals surface area contributed by atoms with Crippen LogP contribution in [-0.4, -0.2) is 43.2 Å². The molecule has 2 heterocycles. The molecule has 1 aromatic rings. The van der Waals surface area contributed by atoms with Crippen LogP contribution in [0.4, 0.5) is 4.39 Å². The molecule has 0 aromatic heterocycles. The van der Waals surface area contributed by atoms with E-state index in [4.69, 9.17) is 4.74 Å². The summed E-state index contributed by atoms with van der Waals surface area (Å²) in [5, 5.41) is 3.06. The van der Waals surface area contributed by atoms with E-state index in [1.807, 2.05) is 6.07 Å². The Balaban J connectivity index is 1.28. The van der Waals surface area contributed by atoms with Gasteiger partial charge in [0.1, 0.15) is 5.82 Å². The Hall–Kier alpha value is -1.46. The van der Waals surface area contributed by atoms with Gasteiger partial charge in [-0.15, -0.1) is 0 Å². The zero-order valence-electron chi connectivity index (χ0n) is 13.9. The zero-order valence-corrected chi connectivity index (χ0v) is 13.9. The third-order valence-corrected chi connectivity index (χ3v) is 5.60. The van der Waals surface area contributed by atoms with Crippen LogP contribution in [0.1, 0.15) is 24.8 Å². The molecule has 1 N–H and O–H groups in total. The smallest absolute Gasteiger partial charge is 0.223 e. The average molecular weight is 332 g/mol. The molecular weight excluding hydrogens is 307 g/mol. The third kappa shape index (κ3) is 3.62. The van der Waals surface area contributed by atoms with Crippen molar-refractivity contribution in [2.24, 2.45) is 17.8 Å². The number of piperidine rings is 1. The Kier molecular flexibility index (Phi) is 4.55. The van der Waals surface area contributed by atoms with E-state index >= 15 is 0 Å². The highest BCUT2D eigenvalue weighted by molar-refractivity contribution is 5.80. The maximum atomic E-state index is 13.3. The van der Waals surface area contributed by atoms with Crippen LogP contribution in [0.15, 0.2) is 24.3 Å². The Bertz CT molecular complexity index is 605. The summed E-state index contributed by atoms with van der Waals surface area (Å²) in [5.41, 5.74) is 1.03. The second-order valence-corrected chi connectivity index (χ2v) is 7.47. The number of nitrogens with zero attached hydrogens (tertiary/aromatic N) is 1. The first-order chi connectivity index (χ1) is 11.7. The van der Waals surface area contributed by atoms with Gasteiger partial charge in [0.15, 0.2) is 0 Å². The summed E-state index contributed by atoms with van der Waals surface area (Å²) in [6.45, 7) is 4.22. The predicted octanol–water partition coefficient (Wildman–Crippen LogP) is 2.19. The number of amides is 1. The first-order valence-electron chi connectivity index (χ1n) is 9.05. The van der Waals surface area contributed by atoms with Crippen molar-refractivity contribution in [1.29, 1.82) is 0 Å². The monoisotopic (exact) mass is 332 g/mol. The normalized spacial score (nSPS) is 30.1. The van der Waals surface area contributed by atoms with Crippen molar-refractivity contribution in [3.05, 3.63) is 35.6 Å². The number of carbonyl (C=O) groups is 1. The molecule has 4 nitrogen and oxygen atoms in total. The molecule has 0 unspecified atom stereocenters. The highest BCUT2D eigenvalue weighted by atomic mass is 19.1. The average Bonchev–Trinajstić information content (AvgIpc) is 3.34. The molecule has 3 aliphatic rings. The molecule has 1 saturated carbocycles. The van der Waals surface area contributed by atoms with Crippen molar-refractivity contribution in [2.45, 2.75) is 31.9 Å². The van der Waals surface area contributed by atoms with Crippen LogP contribution in [0.5, 0.6) is 0 Å². The number of hydrogen-bond donors (Lipinski definition) is 1. The van der Waals surface area contributed by atoms with Gasteiger partial charge in [0.05, 0.1) is 12.7 Å². The largest absolute Gasteiger partial charge is 0.376 e. The Morgan fingerprint density at radius 3 is 3.00 bits per heavy atom. The number of benzene rings is 1. The maximum Gasteiger partial charge on any atom is 0.223 e. The van der Waals surface area contributed by atoms with Crippen LogP contribution in [0, 0.1) is 23.6 Å². The molecule has 3 atom stereocenters. The summed E-state index contributed by atoms with van der Waals surface area (Å²) in [7, 11) is 0. The molecule has 2 saturated heterocycles. The number of nitrogens with one attached hydrogen (secondary N) is 1. The lowest BCUT2D eigenvalue weighted by Crippen LogP contribution is -2.43. The number of fused-ring (bicyclic) bond motifs is 1. The fourth-order valence-corrected chi connectivity index (χ4v) is 4.10. The minimum atomic E-state index is -0.168. The van der Waals surface area contributed by atoms with Crippen molar-refractivity contribution < 1.29 is 13.9 Å². The number of rotatable bonds is 5. The van der Waals surface area contributed by atoms with Gasteiger partial charge in [-0.3, -0.25) is 9.69 Å². The molecule has 130 valence electrons. The van der Waals surface area contributed by atoms with Gasteiger partial charge in [-0.2, -0.15) is 0 Å². The minimum Gasteiger partial charge on any atom is -0.376 e. The summed E-state index contributed by atoms with van der Waals surface area (Å²) in [6, 6.07) is 6.86.